The lowest BCUT2D eigenvalue weighted by molar-refractivity contribution is -0.394. The number of hydrogen-bond acceptors (Lipinski definition) is 9. The normalized spacial score (nSPS) is 15.0. The van der Waals surface area contributed by atoms with Gasteiger partial charge >= 0.3 is 5.69 Å². The summed E-state index contributed by atoms with van der Waals surface area (Å²) < 4.78 is 5.47. The molecule has 0 aromatic heterocycles. The number of nitrogens with zero attached hydrogens (tertiary/aromatic N) is 4. The third-order valence-corrected chi connectivity index (χ3v) is 4.26. The fourth-order valence-electron chi connectivity index (χ4n) is 2.12. The van der Waals surface area contributed by atoms with Gasteiger partial charge in [0.25, 0.3) is 5.69 Å². The first kappa shape index (κ1) is 19.0. The number of nitro groups is 2. The molecule has 0 spiro atoms. The Labute approximate surface area is 161 Å². The number of nitro benzene ring substituents is 2. The molecule has 0 atom stereocenters. The SMILES string of the molecule is O=C1CSC(=NN=Cc2ccc(Oc3ccc([N+](=O)[O-])cc3[N+](=O)[O-])cc2)N1. The van der Waals surface area contributed by atoms with Gasteiger partial charge in [0, 0.05) is 6.07 Å². The zero-order valence-corrected chi connectivity index (χ0v) is 14.8. The number of benzene rings is 2. The van der Waals surface area contributed by atoms with Gasteiger partial charge in [-0.05, 0) is 35.9 Å². The summed E-state index contributed by atoms with van der Waals surface area (Å²) in [7, 11) is 0. The van der Waals surface area contributed by atoms with Gasteiger partial charge < -0.3 is 10.1 Å². The Morgan fingerprint density at radius 1 is 1.11 bits per heavy atom. The topological polar surface area (TPSA) is 149 Å². The smallest absolute Gasteiger partial charge is 0.318 e. The molecule has 11 nitrogen and oxygen atoms in total. The number of ether oxygens (including phenoxy) is 1. The molecule has 0 saturated carbocycles. The molecule has 0 bridgehead atoms. The van der Waals surface area contributed by atoms with Crippen molar-refractivity contribution in [2.24, 2.45) is 10.2 Å². The summed E-state index contributed by atoms with van der Waals surface area (Å²) in [5, 5.41) is 32.6. The number of carbonyl (C=O) groups is 1. The molecule has 1 saturated heterocycles. The Hall–Kier alpha value is -3.80. The number of rotatable bonds is 6. The maximum atomic E-state index is 11.1. The van der Waals surface area contributed by atoms with Crippen molar-refractivity contribution in [3.63, 3.8) is 0 Å². The zero-order chi connectivity index (χ0) is 20.1. The standard InChI is InChI=1S/C16H11N5O6S/c22-15-9-28-16(18-15)19-17-8-10-1-4-12(5-2-10)27-14-6-3-11(20(23)24)7-13(14)21(25)26/h1-8H,9H2,(H,18,19,22). The predicted octanol–water partition coefficient (Wildman–Crippen LogP) is 2.85. The molecule has 1 amide bonds. The van der Waals surface area contributed by atoms with Crippen LogP contribution in [0, 0.1) is 20.2 Å². The summed E-state index contributed by atoms with van der Waals surface area (Å²) in [6.07, 6.45) is 1.47. The molecule has 1 aliphatic heterocycles. The Kier molecular flexibility index (Phi) is 5.60. The van der Waals surface area contributed by atoms with E-state index < -0.39 is 21.2 Å². The van der Waals surface area contributed by atoms with Crippen LogP contribution in [0.2, 0.25) is 0 Å². The second kappa shape index (κ2) is 8.26. The molecule has 2 aromatic carbocycles. The predicted molar refractivity (Wildman–Crippen MR) is 102 cm³/mol. The van der Waals surface area contributed by atoms with E-state index in [-0.39, 0.29) is 11.7 Å². The van der Waals surface area contributed by atoms with Crippen LogP contribution in [0.5, 0.6) is 11.5 Å². The molecule has 12 heteroatoms. The van der Waals surface area contributed by atoms with Gasteiger partial charge in [-0.1, -0.05) is 11.8 Å². The summed E-state index contributed by atoms with van der Waals surface area (Å²) in [6, 6.07) is 9.57. The summed E-state index contributed by atoms with van der Waals surface area (Å²) >= 11 is 1.25. The van der Waals surface area contributed by atoms with E-state index in [1.54, 1.807) is 24.3 Å². The second-order valence-corrected chi connectivity index (χ2v) is 6.29. The van der Waals surface area contributed by atoms with Crippen LogP contribution in [-0.2, 0) is 4.79 Å². The molecular formula is C16H11N5O6S. The molecule has 1 N–H and O–H groups in total. The van der Waals surface area contributed by atoms with E-state index in [0.29, 0.717) is 22.2 Å². The zero-order valence-electron chi connectivity index (χ0n) is 14.0. The van der Waals surface area contributed by atoms with Gasteiger partial charge in [0.2, 0.25) is 11.7 Å². The molecule has 142 valence electrons. The van der Waals surface area contributed by atoms with Gasteiger partial charge in [0.15, 0.2) is 5.17 Å². The van der Waals surface area contributed by atoms with Crippen molar-refractivity contribution in [1.82, 2.24) is 5.32 Å². The van der Waals surface area contributed by atoms with Crippen molar-refractivity contribution in [3.05, 3.63) is 68.3 Å². The maximum absolute atomic E-state index is 11.1. The molecular weight excluding hydrogens is 390 g/mol. The van der Waals surface area contributed by atoms with Gasteiger partial charge in [-0.15, -0.1) is 5.10 Å². The van der Waals surface area contributed by atoms with E-state index in [1.165, 1.54) is 24.0 Å². The van der Waals surface area contributed by atoms with Gasteiger partial charge in [-0.3, -0.25) is 25.0 Å². The van der Waals surface area contributed by atoms with Crippen LogP contribution in [0.1, 0.15) is 5.56 Å². The van der Waals surface area contributed by atoms with E-state index in [1.807, 2.05) is 0 Å². The van der Waals surface area contributed by atoms with E-state index in [0.717, 1.165) is 12.1 Å². The van der Waals surface area contributed by atoms with Crippen molar-refractivity contribution < 1.29 is 19.4 Å². The quantitative estimate of drug-likeness (QED) is 0.444. The molecule has 1 fully saturated rings. The van der Waals surface area contributed by atoms with E-state index in [9.17, 15) is 25.0 Å². The second-order valence-electron chi connectivity index (χ2n) is 5.32. The van der Waals surface area contributed by atoms with Gasteiger partial charge in [0.1, 0.15) is 5.75 Å². The lowest BCUT2D eigenvalue weighted by Crippen LogP contribution is -2.19. The highest BCUT2D eigenvalue weighted by Gasteiger charge is 2.21. The minimum Gasteiger partial charge on any atom is -0.450 e. The van der Waals surface area contributed by atoms with Crippen LogP contribution >= 0.6 is 11.8 Å². The minimum atomic E-state index is -0.748. The number of hydrogen-bond donors (Lipinski definition) is 1. The van der Waals surface area contributed by atoms with Gasteiger partial charge in [-0.2, -0.15) is 5.10 Å². The van der Waals surface area contributed by atoms with Crippen LogP contribution in [-0.4, -0.2) is 32.9 Å². The highest BCUT2D eigenvalue weighted by atomic mass is 32.2. The molecule has 2 aromatic rings. The van der Waals surface area contributed by atoms with Crippen LogP contribution in [0.25, 0.3) is 0 Å². The Morgan fingerprint density at radius 3 is 2.46 bits per heavy atom. The van der Waals surface area contributed by atoms with Gasteiger partial charge in [-0.25, -0.2) is 0 Å². The number of thioether (sulfide) groups is 1. The molecule has 1 aliphatic rings. The number of amidine groups is 1. The molecule has 1 heterocycles. The third kappa shape index (κ3) is 4.67. The molecule has 0 radical (unpaired) electrons. The minimum absolute atomic E-state index is 0.114. The highest BCUT2D eigenvalue weighted by molar-refractivity contribution is 8.15. The first-order valence-electron chi connectivity index (χ1n) is 7.67. The third-order valence-electron chi connectivity index (χ3n) is 3.40. The highest BCUT2D eigenvalue weighted by Crippen LogP contribution is 2.34. The maximum Gasteiger partial charge on any atom is 0.318 e. The Bertz CT molecular complexity index is 1010. The summed E-state index contributed by atoms with van der Waals surface area (Å²) in [5.41, 5.74) is -0.222. The van der Waals surface area contributed by atoms with Crippen LogP contribution in [0.3, 0.4) is 0 Å². The first-order valence-corrected chi connectivity index (χ1v) is 8.65. The number of amides is 1. The number of non-ortho nitro benzene ring substituents is 1. The summed E-state index contributed by atoms with van der Waals surface area (Å²) in [4.78, 5) is 31.5. The number of carbonyl (C=O) groups excluding carboxylic acids is 1. The lowest BCUT2D eigenvalue weighted by atomic mass is 10.2. The lowest BCUT2D eigenvalue weighted by Gasteiger charge is -2.06. The average molecular weight is 401 g/mol. The fourth-order valence-corrected chi connectivity index (χ4v) is 2.76. The summed E-state index contributed by atoms with van der Waals surface area (Å²) in [5.74, 6) is 0.382. The van der Waals surface area contributed by atoms with E-state index in [4.69, 9.17) is 4.74 Å². The molecule has 0 aliphatic carbocycles. The van der Waals surface area contributed by atoms with Crippen molar-refractivity contribution in [1.29, 1.82) is 0 Å². The van der Waals surface area contributed by atoms with Crippen LogP contribution in [0.15, 0.2) is 52.7 Å². The average Bonchev–Trinajstić information content (AvgIpc) is 3.08. The first-order chi connectivity index (χ1) is 13.4. The number of nitrogens with one attached hydrogen (secondary N) is 1. The van der Waals surface area contributed by atoms with E-state index >= 15 is 0 Å². The largest absolute Gasteiger partial charge is 0.450 e. The fraction of sp³-hybridized carbons (Fsp3) is 0.0625. The van der Waals surface area contributed by atoms with E-state index in [2.05, 4.69) is 15.5 Å². The Balaban J connectivity index is 1.71. The van der Waals surface area contributed by atoms with Gasteiger partial charge in [0.05, 0.1) is 27.9 Å². The molecule has 3 rings (SSSR count). The van der Waals surface area contributed by atoms with Crippen molar-refractivity contribution in [3.8, 4) is 11.5 Å². The summed E-state index contributed by atoms with van der Waals surface area (Å²) in [6.45, 7) is 0. The van der Waals surface area contributed by atoms with Crippen molar-refractivity contribution in [2.75, 3.05) is 5.75 Å². The monoisotopic (exact) mass is 401 g/mol. The molecule has 0 unspecified atom stereocenters. The Morgan fingerprint density at radius 2 is 1.86 bits per heavy atom. The molecule has 28 heavy (non-hydrogen) atoms. The van der Waals surface area contributed by atoms with Crippen LogP contribution < -0.4 is 10.1 Å². The van der Waals surface area contributed by atoms with Crippen molar-refractivity contribution in [2.45, 2.75) is 0 Å². The van der Waals surface area contributed by atoms with Crippen LogP contribution in [0.4, 0.5) is 11.4 Å². The van der Waals surface area contributed by atoms with Crippen molar-refractivity contribution >= 4 is 40.4 Å².